The van der Waals surface area contributed by atoms with E-state index >= 15 is 0 Å². The van der Waals surface area contributed by atoms with E-state index in [-0.39, 0.29) is 18.3 Å². The summed E-state index contributed by atoms with van der Waals surface area (Å²) in [4.78, 5) is 29.7. The molecule has 0 bridgehead atoms. The number of hydroxylamine groups is 1. The highest BCUT2D eigenvalue weighted by Crippen LogP contribution is 2.27. The van der Waals surface area contributed by atoms with Gasteiger partial charge < -0.3 is 4.90 Å². The van der Waals surface area contributed by atoms with Gasteiger partial charge in [-0.2, -0.15) is 0 Å². The van der Waals surface area contributed by atoms with Crippen molar-refractivity contribution in [3.63, 3.8) is 0 Å². The Morgan fingerprint density at radius 1 is 0.966 bits per heavy atom. The molecule has 1 aliphatic heterocycles. The number of carbonyl (C=O) groups excluding carboxylic acids is 2. The van der Waals surface area contributed by atoms with Crippen LogP contribution in [0.15, 0.2) is 60.7 Å². The SMILES string of the molecule is Cl.O=C(C=Cc1cccc(C=CC(=O)N2CCC(c3ccccc3)CC2)n1)NO. The Morgan fingerprint density at radius 3 is 2.21 bits per heavy atom. The van der Waals surface area contributed by atoms with E-state index in [2.05, 4.69) is 29.2 Å². The second kappa shape index (κ2) is 11.1. The molecule has 0 saturated carbocycles. The van der Waals surface area contributed by atoms with Gasteiger partial charge in [-0.05, 0) is 48.6 Å². The van der Waals surface area contributed by atoms with Gasteiger partial charge in [0.1, 0.15) is 0 Å². The maximum Gasteiger partial charge on any atom is 0.267 e. The lowest BCUT2D eigenvalue weighted by atomic mass is 9.89. The minimum absolute atomic E-state index is 0. The summed E-state index contributed by atoms with van der Waals surface area (Å²) >= 11 is 0. The van der Waals surface area contributed by atoms with Gasteiger partial charge in [0, 0.05) is 25.2 Å². The van der Waals surface area contributed by atoms with E-state index in [0.717, 1.165) is 25.9 Å². The number of rotatable bonds is 5. The fraction of sp³-hybridized carbons (Fsp3) is 0.227. The van der Waals surface area contributed by atoms with Crippen LogP contribution in [-0.4, -0.2) is 40.0 Å². The van der Waals surface area contributed by atoms with Gasteiger partial charge in [-0.15, -0.1) is 12.4 Å². The lowest BCUT2D eigenvalue weighted by Crippen LogP contribution is -2.36. The van der Waals surface area contributed by atoms with Gasteiger partial charge in [0.2, 0.25) is 5.91 Å². The van der Waals surface area contributed by atoms with Crippen LogP contribution in [0.5, 0.6) is 0 Å². The number of aromatic nitrogens is 1. The minimum atomic E-state index is -0.628. The summed E-state index contributed by atoms with van der Waals surface area (Å²) in [6.07, 6.45) is 7.81. The number of hydrogen-bond acceptors (Lipinski definition) is 4. The summed E-state index contributed by atoms with van der Waals surface area (Å²) in [6, 6.07) is 15.7. The first-order chi connectivity index (χ1) is 13.7. The Kier molecular flexibility index (Phi) is 8.58. The first kappa shape index (κ1) is 22.3. The van der Waals surface area contributed by atoms with E-state index < -0.39 is 5.91 Å². The number of pyridine rings is 1. The summed E-state index contributed by atoms with van der Waals surface area (Å²) < 4.78 is 0. The van der Waals surface area contributed by atoms with Crippen molar-refractivity contribution >= 4 is 36.4 Å². The Bertz CT molecular complexity index is 876. The molecule has 2 N–H and O–H groups in total. The molecule has 2 heterocycles. The third-order valence-corrected chi connectivity index (χ3v) is 4.78. The molecule has 2 aromatic rings. The van der Waals surface area contributed by atoms with E-state index in [9.17, 15) is 9.59 Å². The van der Waals surface area contributed by atoms with Crippen LogP contribution in [0.25, 0.3) is 12.2 Å². The highest BCUT2D eigenvalue weighted by atomic mass is 35.5. The predicted octanol–water partition coefficient (Wildman–Crippen LogP) is 3.44. The molecular weight excluding hydrogens is 390 g/mol. The normalized spacial score (nSPS) is 14.7. The number of hydrogen-bond donors (Lipinski definition) is 2. The lowest BCUT2D eigenvalue weighted by Gasteiger charge is -2.31. The molecule has 152 valence electrons. The minimum Gasteiger partial charge on any atom is -0.339 e. The van der Waals surface area contributed by atoms with Gasteiger partial charge in [0.25, 0.3) is 5.91 Å². The van der Waals surface area contributed by atoms with Gasteiger partial charge in [-0.25, -0.2) is 10.5 Å². The van der Waals surface area contributed by atoms with E-state index in [4.69, 9.17) is 5.21 Å². The number of nitrogens with one attached hydrogen (secondary N) is 1. The molecule has 1 aliphatic rings. The van der Waals surface area contributed by atoms with Crippen LogP contribution in [0.4, 0.5) is 0 Å². The zero-order valence-corrected chi connectivity index (χ0v) is 16.7. The van der Waals surface area contributed by atoms with E-state index in [1.54, 1.807) is 30.4 Å². The van der Waals surface area contributed by atoms with Crippen LogP contribution in [-0.2, 0) is 9.59 Å². The Hall–Kier alpha value is -2.96. The monoisotopic (exact) mass is 413 g/mol. The van der Waals surface area contributed by atoms with E-state index in [0.29, 0.717) is 17.3 Å². The average Bonchev–Trinajstić information content (AvgIpc) is 2.76. The second-order valence-corrected chi connectivity index (χ2v) is 6.64. The number of piperidine rings is 1. The number of halogens is 1. The van der Waals surface area contributed by atoms with Crippen molar-refractivity contribution in [3.8, 4) is 0 Å². The summed E-state index contributed by atoms with van der Waals surface area (Å²) in [6.45, 7) is 1.49. The fourth-order valence-corrected chi connectivity index (χ4v) is 3.27. The van der Waals surface area contributed by atoms with Crippen molar-refractivity contribution in [2.45, 2.75) is 18.8 Å². The number of amides is 2. The molecule has 6 nitrogen and oxygen atoms in total. The largest absolute Gasteiger partial charge is 0.339 e. The van der Waals surface area contributed by atoms with Crippen molar-refractivity contribution in [2.24, 2.45) is 0 Å². The molecule has 7 heteroatoms. The molecule has 0 spiro atoms. The van der Waals surface area contributed by atoms with Crippen molar-refractivity contribution in [1.82, 2.24) is 15.4 Å². The molecule has 29 heavy (non-hydrogen) atoms. The van der Waals surface area contributed by atoms with E-state index in [1.807, 2.05) is 11.0 Å². The molecule has 1 aromatic carbocycles. The van der Waals surface area contributed by atoms with Crippen LogP contribution in [0.2, 0.25) is 0 Å². The zero-order valence-electron chi connectivity index (χ0n) is 15.9. The van der Waals surface area contributed by atoms with Gasteiger partial charge in [-0.1, -0.05) is 36.4 Å². The zero-order chi connectivity index (χ0) is 19.8. The lowest BCUT2D eigenvalue weighted by molar-refractivity contribution is -0.127. The molecule has 0 atom stereocenters. The Morgan fingerprint density at radius 2 is 1.59 bits per heavy atom. The quantitative estimate of drug-likeness (QED) is 0.447. The fourth-order valence-electron chi connectivity index (χ4n) is 3.27. The molecule has 3 rings (SSSR count). The standard InChI is InChI=1S/C22H23N3O3.ClH/c26-21(24-28)11-9-19-7-4-8-20(23-19)10-12-22(27)25-15-13-18(14-16-25)17-5-2-1-3-6-17;/h1-12,18,28H,13-16H2,(H,24,26);1H. The van der Waals surface area contributed by atoms with Crippen LogP contribution in [0, 0.1) is 0 Å². The van der Waals surface area contributed by atoms with Crippen molar-refractivity contribution in [3.05, 3.63) is 77.6 Å². The molecule has 1 saturated heterocycles. The van der Waals surface area contributed by atoms with Crippen LogP contribution in [0.3, 0.4) is 0 Å². The number of likely N-dealkylation sites (tertiary alicyclic amines) is 1. The second-order valence-electron chi connectivity index (χ2n) is 6.64. The van der Waals surface area contributed by atoms with Gasteiger partial charge in [0.05, 0.1) is 11.4 Å². The van der Waals surface area contributed by atoms with Crippen LogP contribution >= 0.6 is 12.4 Å². The first-order valence-electron chi connectivity index (χ1n) is 9.27. The van der Waals surface area contributed by atoms with Crippen molar-refractivity contribution in [2.75, 3.05) is 13.1 Å². The molecule has 1 aromatic heterocycles. The summed E-state index contributed by atoms with van der Waals surface area (Å²) in [7, 11) is 0. The molecule has 0 unspecified atom stereocenters. The van der Waals surface area contributed by atoms with E-state index in [1.165, 1.54) is 23.2 Å². The van der Waals surface area contributed by atoms with Crippen LogP contribution in [0.1, 0.15) is 35.7 Å². The summed E-state index contributed by atoms with van der Waals surface area (Å²) in [5.41, 5.74) is 4.05. The third-order valence-electron chi connectivity index (χ3n) is 4.78. The smallest absolute Gasteiger partial charge is 0.267 e. The maximum absolute atomic E-state index is 12.5. The first-order valence-corrected chi connectivity index (χ1v) is 9.27. The maximum atomic E-state index is 12.5. The predicted molar refractivity (Wildman–Crippen MR) is 114 cm³/mol. The molecule has 1 fully saturated rings. The van der Waals surface area contributed by atoms with Crippen LogP contribution < -0.4 is 5.48 Å². The van der Waals surface area contributed by atoms with Gasteiger partial charge >= 0.3 is 0 Å². The molecular formula is C22H24ClN3O3. The van der Waals surface area contributed by atoms with Gasteiger partial charge in [0.15, 0.2) is 0 Å². The Labute approximate surface area is 176 Å². The highest BCUT2D eigenvalue weighted by molar-refractivity contribution is 5.92. The van der Waals surface area contributed by atoms with Gasteiger partial charge in [-0.3, -0.25) is 14.8 Å². The molecule has 0 radical (unpaired) electrons. The summed E-state index contributed by atoms with van der Waals surface area (Å²) in [5.74, 6) is -0.138. The number of nitrogens with zero attached hydrogens (tertiary/aromatic N) is 2. The number of carbonyl (C=O) groups is 2. The number of benzene rings is 1. The highest BCUT2D eigenvalue weighted by Gasteiger charge is 2.22. The average molecular weight is 414 g/mol. The molecule has 0 aliphatic carbocycles. The van der Waals surface area contributed by atoms with Crippen molar-refractivity contribution < 1.29 is 14.8 Å². The topological polar surface area (TPSA) is 82.5 Å². The Balaban J connectivity index is 0.00000300. The third kappa shape index (κ3) is 6.55. The van der Waals surface area contributed by atoms with Crippen molar-refractivity contribution in [1.29, 1.82) is 0 Å². The molecule has 2 amide bonds. The summed E-state index contributed by atoms with van der Waals surface area (Å²) in [5, 5.41) is 8.49.